The number of hydrogen-bond donors (Lipinski definition) is 1. The fourth-order valence-electron chi connectivity index (χ4n) is 5.29. The molecular formula is C26H28N4O. The Labute approximate surface area is 182 Å². The molecule has 1 saturated heterocycles. The molecule has 3 heterocycles. The first kappa shape index (κ1) is 19.7. The van der Waals surface area contributed by atoms with Gasteiger partial charge < -0.3 is 14.8 Å². The monoisotopic (exact) mass is 412 g/mol. The van der Waals surface area contributed by atoms with Crippen molar-refractivity contribution in [3.63, 3.8) is 0 Å². The summed E-state index contributed by atoms with van der Waals surface area (Å²) in [6.07, 6.45) is 2.03. The summed E-state index contributed by atoms with van der Waals surface area (Å²) in [6, 6.07) is 17.0. The highest BCUT2D eigenvalue weighted by Gasteiger charge is 2.31. The number of aromatic nitrogens is 1. The fourth-order valence-corrected chi connectivity index (χ4v) is 5.29. The summed E-state index contributed by atoms with van der Waals surface area (Å²) in [5, 5.41) is 14.3. The SMILES string of the molecule is Cn1c(=O)c(C#N)c(N2CCC(c3ccc4c(c3)C(C)(C)CN4)CC2)c2ccccc21. The summed E-state index contributed by atoms with van der Waals surface area (Å²) in [5.74, 6) is 0.501. The Hall–Kier alpha value is -3.26. The van der Waals surface area contributed by atoms with E-state index in [2.05, 4.69) is 48.3 Å². The van der Waals surface area contributed by atoms with Crippen molar-refractivity contribution in [2.75, 3.05) is 29.9 Å². The molecule has 31 heavy (non-hydrogen) atoms. The van der Waals surface area contributed by atoms with Gasteiger partial charge in [0.05, 0.1) is 11.2 Å². The van der Waals surface area contributed by atoms with Crippen LogP contribution in [0.3, 0.4) is 0 Å². The fraction of sp³-hybridized carbons (Fsp3) is 0.385. The number of nitriles is 1. The zero-order valence-corrected chi connectivity index (χ0v) is 18.4. The van der Waals surface area contributed by atoms with Crippen LogP contribution in [0.4, 0.5) is 11.4 Å². The van der Waals surface area contributed by atoms with Gasteiger partial charge in [0.1, 0.15) is 11.6 Å². The maximum Gasteiger partial charge on any atom is 0.270 e. The zero-order chi connectivity index (χ0) is 21.8. The van der Waals surface area contributed by atoms with Gasteiger partial charge in [0, 0.05) is 43.2 Å². The minimum absolute atomic E-state index is 0.163. The molecule has 0 atom stereocenters. The number of aryl methyl sites for hydroxylation is 1. The largest absolute Gasteiger partial charge is 0.384 e. The molecule has 0 amide bonds. The summed E-state index contributed by atoms with van der Waals surface area (Å²) in [7, 11) is 1.74. The Morgan fingerprint density at radius 1 is 1.13 bits per heavy atom. The molecule has 158 valence electrons. The highest BCUT2D eigenvalue weighted by molar-refractivity contribution is 5.95. The number of benzene rings is 2. The molecule has 5 heteroatoms. The Balaban J connectivity index is 1.46. The molecule has 0 radical (unpaired) electrons. The van der Waals surface area contributed by atoms with Gasteiger partial charge in [0.25, 0.3) is 5.56 Å². The van der Waals surface area contributed by atoms with Crippen molar-refractivity contribution in [1.29, 1.82) is 5.26 Å². The van der Waals surface area contributed by atoms with E-state index in [1.165, 1.54) is 16.8 Å². The van der Waals surface area contributed by atoms with Crippen LogP contribution in [-0.2, 0) is 12.5 Å². The number of pyridine rings is 1. The lowest BCUT2D eigenvalue weighted by molar-refractivity contribution is 0.504. The topological polar surface area (TPSA) is 61.1 Å². The molecule has 0 spiro atoms. The number of rotatable bonds is 2. The van der Waals surface area contributed by atoms with E-state index in [-0.39, 0.29) is 16.5 Å². The van der Waals surface area contributed by atoms with Crippen molar-refractivity contribution in [2.24, 2.45) is 7.05 Å². The van der Waals surface area contributed by atoms with Crippen LogP contribution in [0.15, 0.2) is 47.3 Å². The number of anilines is 2. The highest BCUT2D eigenvalue weighted by atomic mass is 16.1. The molecule has 0 saturated carbocycles. The van der Waals surface area contributed by atoms with Crippen LogP contribution in [0, 0.1) is 11.3 Å². The maximum absolute atomic E-state index is 12.8. The first-order valence-corrected chi connectivity index (χ1v) is 11.1. The summed E-state index contributed by atoms with van der Waals surface area (Å²) in [4.78, 5) is 15.1. The molecule has 2 aromatic carbocycles. The van der Waals surface area contributed by atoms with Gasteiger partial charge >= 0.3 is 0 Å². The molecule has 1 fully saturated rings. The first-order valence-electron chi connectivity index (χ1n) is 11.1. The van der Waals surface area contributed by atoms with Gasteiger partial charge in [-0.1, -0.05) is 44.2 Å². The summed E-state index contributed by atoms with van der Waals surface area (Å²) in [5.41, 5.74) is 5.96. The van der Waals surface area contributed by atoms with Crippen molar-refractivity contribution >= 4 is 22.3 Å². The van der Waals surface area contributed by atoms with Gasteiger partial charge in [-0.05, 0) is 42.0 Å². The van der Waals surface area contributed by atoms with Gasteiger partial charge in [0.15, 0.2) is 0 Å². The summed E-state index contributed by atoms with van der Waals surface area (Å²) in [6.45, 7) is 7.26. The minimum atomic E-state index is -0.216. The number of para-hydroxylation sites is 1. The van der Waals surface area contributed by atoms with E-state index in [9.17, 15) is 10.1 Å². The average molecular weight is 413 g/mol. The molecule has 0 aliphatic carbocycles. The molecule has 5 rings (SSSR count). The third-order valence-corrected chi connectivity index (χ3v) is 7.16. The van der Waals surface area contributed by atoms with Crippen LogP contribution in [-0.4, -0.2) is 24.2 Å². The second-order valence-electron chi connectivity index (χ2n) is 9.52. The van der Waals surface area contributed by atoms with E-state index in [1.807, 2.05) is 24.3 Å². The number of hydrogen-bond acceptors (Lipinski definition) is 4. The van der Waals surface area contributed by atoms with Gasteiger partial charge in [-0.25, -0.2) is 0 Å². The smallest absolute Gasteiger partial charge is 0.270 e. The normalized spacial score (nSPS) is 17.9. The Kier molecular flexibility index (Phi) is 4.55. The van der Waals surface area contributed by atoms with Crippen LogP contribution in [0.2, 0.25) is 0 Å². The van der Waals surface area contributed by atoms with Gasteiger partial charge in [-0.15, -0.1) is 0 Å². The molecule has 1 N–H and O–H groups in total. The second kappa shape index (κ2) is 7.16. The Morgan fingerprint density at radius 2 is 1.87 bits per heavy atom. The van der Waals surface area contributed by atoms with Crippen LogP contribution in [0.25, 0.3) is 10.9 Å². The Bertz CT molecular complexity index is 1270. The molecule has 0 bridgehead atoms. The van der Waals surface area contributed by atoms with Gasteiger partial charge in [-0.3, -0.25) is 4.79 Å². The summed E-state index contributed by atoms with van der Waals surface area (Å²) >= 11 is 0. The third kappa shape index (κ3) is 3.09. The second-order valence-corrected chi connectivity index (χ2v) is 9.52. The van der Waals surface area contributed by atoms with Crippen molar-refractivity contribution in [1.82, 2.24) is 4.57 Å². The summed E-state index contributed by atoms with van der Waals surface area (Å²) < 4.78 is 1.59. The highest BCUT2D eigenvalue weighted by Crippen LogP contribution is 2.40. The number of nitrogens with one attached hydrogen (secondary N) is 1. The van der Waals surface area contributed by atoms with Gasteiger partial charge in [-0.2, -0.15) is 5.26 Å². The van der Waals surface area contributed by atoms with E-state index in [4.69, 9.17) is 0 Å². The quantitative estimate of drug-likeness (QED) is 0.673. The lowest BCUT2D eigenvalue weighted by atomic mass is 9.82. The Morgan fingerprint density at radius 3 is 2.61 bits per heavy atom. The van der Waals surface area contributed by atoms with Crippen LogP contribution in [0.5, 0.6) is 0 Å². The molecular weight excluding hydrogens is 384 g/mol. The van der Waals surface area contributed by atoms with Crippen molar-refractivity contribution in [2.45, 2.75) is 38.0 Å². The van der Waals surface area contributed by atoms with E-state index < -0.39 is 0 Å². The average Bonchev–Trinajstić information content (AvgIpc) is 3.10. The molecule has 3 aromatic rings. The predicted octanol–water partition coefficient (Wildman–Crippen LogP) is 4.50. The number of nitrogens with zero attached hydrogens (tertiary/aromatic N) is 3. The van der Waals surface area contributed by atoms with Crippen LogP contribution >= 0.6 is 0 Å². The van der Waals surface area contributed by atoms with Crippen LogP contribution in [0.1, 0.15) is 49.3 Å². The van der Waals surface area contributed by atoms with E-state index in [1.54, 1.807) is 11.6 Å². The van der Waals surface area contributed by atoms with Gasteiger partial charge in [0.2, 0.25) is 0 Å². The third-order valence-electron chi connectivity index (χ3n) is 7.16. The van der Waals surface area contributed by atoms with Crippen molar-refractivity contribution < 1.29 is 0 Å². The lowest BCUT2D eigenvalue weighted by Gasteiger charge is -2.35. The molecule has 0 unspecified atom stereocenters. The van der Waals surface area contributed by atoms with E-state index in [0.29, 0.717) is 5.92 Å². The van der Waals surface area contributed by atoms with E-state index >= 15 is 0 Å². The molecule has 5 nitrogen and oxygen atoms in total. The van der Waals surface area contributed by atoms with Crippen molar-refractivity contribution in [3.05, 3.63) is 69.5 Å². The number of fused-ring (bicyclic) bond motifs is 2. The van der Waals surface area contributed by atoms with E-state index in [0.717, 1.165) is 49.1 Å². The lowest BCUT2D eigenvalue weighted by Crippen LogP contribution is -2.35. The minimum Gasteiger partial charge on any atom is -0.384 e. The first-order chi connectivity index (χ1) is 14.9. The van der Waals surface area contributed by atoms with Crippen LogP contribution < -0.4 is 15.8 Å². The molecule has 2 aliphatic rings. The molecule has 2 aliphatic heterocycles. The maximum atomic E-state index is 12.8. The zero-order valence-electron chi connectivity index (χ0n) is 18.4. The predicted molar refractivity (Wildman–Crippen MR) is 126 cm³/mol. The van der Waals surface area contributed by atoms with Crippen molar-refractivity contribution in [3.8, 4) is 6.07 Å². The number of piperidine rings is 1. The standard InChI is InChI=1S/C26H28N4O/c1-26(2)16-28-22-9-8-18(14-21(22)26)17-10-12-30(13-11-17)24-19-6-4-5-7-23(19)29(3)25(31)20(24)15-27/h4-9,14,17,28H,10-13,16H2,1-3H3. The molecule has 1 aromatic heterocycles.